The molecule has 18 heavy (non-hydrogen) atoms. The second-order valence-electron chi connectivity index (χ2n) is 7.21. The third kappa shape index (κ3) is 3.50. The van der Waals surface area contributed by atoms with E-state index in [-0.39, 0.29) is 0 Å². The van der Waals surface area contributed by atoms with Crippen molar-refractivity contribution in [3.8, 4) is 0 Å². The van der Waals surface area contributed by atoms with Crippen LogP contribution in [0.3, 0.4) is 0 Å². The van der Waals surface area contributed by atoms with Gasteiger partial charge in [-0.1, -0.05) is 40.0 Å². The maximum atomic E-state index is 2.74. The normalized spacial score (nSPS) is 34.5. The van der Waals surface area contributed by atoms with Crippen LogP contribution in [0.2, 0.25) is 0 Å². The van der Waals surface area contributed by atoms with Gasteiger partial charge in [-0.05, 0) is 62.4 Å². The molecule has 0 unspecified atom stereocenters. The van der Waals surface area contributed by atoms with Gasteiger partial charge in [0.25, 0.3) is 0 Å². The van der Waals surface area contributed by atoms with Crippen LogP contribution in [-0.2, 0) is 0 Å². The van der Waals surface area contributed by atoms with E-state index in [0.717, 1.165) is 17.3 Å². The molecule has 106 valence electrons. The van der Waals surface area contributed by atoms with Gasteiger partial charge in [-0.2, -0.15) is 0 Å². The SMILES string of the molecule is CCCCC1(CC)CC(CN2CCC(C)CC2)C1. The smallest absolute Gasteiger partial charge is 0.00101 e. The van der Waals surface area contributed by atoms with Crippen LogP contribution in [0.1, 0.15) is 72.1 Å². The van der Waals surface area contributed by atoms with Crippen molar-refractivity contribution >= 4 is 0 Å². The van der Waals surface area contributed by atoms with E-state index >= 15 is 0 Å². The first-order valence-electron chi connectivity index (χ1n) is 8.40. The molecule has 0 N–H and O–H groups in total. The van der Waals surface area contributed by atoms with Crippen molar-refractivity contribution in [2.24, 2.45) is 17.3 Å². The van der Waals surface area contributed by atoms with Crippen LogP contribution in [0.5, 0.6) is 0 Å². The van der Waals surface area contributed by atoms with Crippen molar-refractivity contribution < 1.29 is 0 Å². The molecule has 1 saturated heterocycles. The van der Waals surface area contributed by atoms with Gasteiger partial charge in [0.1, 0.15) is 0 Å². The Labute approximate surface area is 114 Å². The number of hydrogen-bond acceptors (Lipinski definition) is 1. The van der Waals surface area contributed by atoms with Crippen molar-refractivity contribution in [2.45, 2.75) is 72.1 Å². The Morgan fingerprint density at radius 2 is 1.78 bits per heavy atom. The van der Waals surface area contributed by atoms with Gasteiger partial charge in [-0.15, -0.1) is 0 Å². The summed E-state index contributed by atoms with van der Waals surface area (Å²) < 4.78 is 0. The number of rotatable bonds is 6. The number of likely N-dealkylation sites (tertiary alicyclic amines) is 1. The highest BCUT2D eigenvalue weighted by Crippen LogP contribution is 2.51. The predicted molar refractivity (Wildman–Crippen MR) is 79.8 cm³/mol. The summed E-state index contributed by atoms with van der Waals surface area (Å²) in [6, 6.07) is 0. The molecule has 0 aromatic rings. The number of nitrogens with zero attached hydrogens (tertiary/aromatic N) is 1. The molecule has 0 bridgehead atoms. The largest absolute Gasteiger partial charge is 0.303 e. The van der Waals surface area contributed by atoms with Crippen molar-refractivity contribution in [3.63, 3.8) is 0 Å². The molecule has 1 aliphatic heterocycles. The molecule has 0 aromatic carbocycles. The van der Waals surface area contributed by atoms with Gasteiger partial charge in [0, 0.05) is 6.54 Å². The summed E-state index contributed by atoms with van der Waals surface area (Å²) in [4.78, 5) is 2.74. The van der Waals surface area contributed by atoms with E-state index in [4.69, 9.17) is 0 Å². The summed E-state index contributed by atoms with van der Waals surface area (Å²) in [6.45, 7) is 11.3. The van der Waals surface area contributed by atoms with E-state index in [9.17, 15) is 0 Å². The Morgan fingerprint density at radius 1 is 1.11 bits per heavy atom. The Bertz CT molecular complexity index is 231. The van der Waals surface area contributed by atoms with E-state index < -0.39 is 0 Å². The third-order valence-electron chi connectivity index (χ3n) is 5.65. The third-order valence-corrected chi connectivity index (χ3v) is 5.65. The first kappa shape index (κ1) is 14.4. The molecule has 2 fully saturated rings. The highest BCUT2D eigenvalue weighted by atomic mass is 15.1. The Morgan fingerprint density at radius 3 is 2.33 bits per heavy atom. The summed E-state index contributed by atoms with van der Waals surface area (Å²) in [6.07, 6.45) is 11.6. The number of piperidine rings is 1. The highest BCUT2D eigenvalue weighted by molar-refractivity contribution is 4.94. The van der Waals surface area contributed by atoms with Crippen molar-refractivity contribution in [3.05, 3.63) is 0 Å². The lowest BCUT2D eigenvalue weighted by Gasteiger charge is -2.50. The fourth-order valence-electron chi connectivity index (χ4n) is 4.13. The standard InChI is InChI=1S/C17H33N/c1-4-6-9-17(5-2)12-16(13-17)14-18-10-7-15(3)8-11-18/h15-16H,4-14H2,1-3H3. The lowest BCUT2D eigenvalue weighted by molar-refractivity contribution is 0.00974. The van der Waals surface area contributed by atoms with E-state index in [1.807, 2.05) is 0 Å². The summed E-state index contributed by atoms with van der Waals surface area (Å²) in [5.74, 6) is 2.00. The maximum Gasteiger partial charge on any atom is 0.00101 e. The quantitative estimate of drug-likeness (QED) is 0.660. The minimum atomic E-state index is 0.754. The zero-order valence-electron chi connectivity index (χ0n) is 12.9. The van der Waals surface area contributed by atoms with E-state index in [1.54, 1.807) is 0 Å². The van der Waals surface area contributed by atoms with E-state index in [2.05, 4.69) is 25.7 Å². The van der Waals surface area contributed by atoms with Crippen LogP contribution in [0, 0.1) is 17.3 Å². The van der Waals surface area contributed by atoms with Crippen LogP contribution in [0.25, 0.3) is 0 Å². The molecule has 1 nitrogen and oxygen atoms in total. The van der Waals surface area contributed by atoms with Crippen LogP contribution in [-0.4, -0.2) is 24.5 Å². The number of hydrogen-bond donors (Lipinski definition) is 0. The van der Waals surface area contributed by atoms with Gasteiger partial charge < -0.3 is 4.90 Å². The average Bonchev–Trinajstić information content (AvgIpc) is 2.34. The Hall–Kier alpha value is -0.0400. The fraction of sp³-hybridized carbons (Fsp3) is 1.00. The zero-order valence-corrected chi connectivity index (χ0v) is 12.9. The van der Waals surface area contributed by atoms with Crippen molar-refractivity contribution in [1.82, 2.24) is 4.90 Å². The van der Waals surface area contributed by atoms with Crippen molar-refractivity contribution in [2.75, 3.05) is 19.6 Å². The van der Waals surface area contributed by atoms with E-state index in [1.165, 1.54) is 71.0 Å². The molecule has 0 atom stereocenters. The first-order valence-corrected chi connectivity index (χ1v) is 8.40. The average molecular weight is 251 g/mol. The minimum absolute atomic E-state index is 0.754. The molecular formula is C17H33N. The molecule has 0 amide bonds. The van der Waals surface area contributed by atoms with Gasteiger partial charge in [0.05, 0.1) is 0 Å². The monoisotopic (exact) mass is 251 g/mol. The fourth-order valence-corrected chi connectivity index (χ4v) is 4.13. The van der Waals surface area contributed by atoms with Crippen LogP contribution < -0.4 is 0 Å². The summed E-state index contributed by atoms with van der Waals surface area (Å²) in [7, 11) is 0. The Balaban J connectivity index is 1.68. The molecule has 1 aliphatic carbocycles. The van der Waals surface area contributed by atoms with Gasteiger partial charge in [-0.25, -0.2) is 0 Å². The van der Waals surface area contributed by atoms with Crippen molar-refractivity contribution in [1.29, 1.82) is 0 Å². The molecule has 1 heterocycles. The molecule has 1 saturated carbocycles. The highest BCUT2D eigenvalue weighted by Gasteiger charge is 2.42. The lowest BCUT2D eigenvalue weighted by atomic mass is 9.58. The molecule has 0 spiro atoms. The summed E-state index contributed by atoms with van der Waals surface area (Å²) in [5.41, 5.74) is 0.754. The minimum Gasteiger partial charge on any atom is -0.303 e. The summed E-state index contributed by atoms with van der Waals surface area (Å²) >= 11 is 0. The zero-order chi connectivity index (χ0) is 13.0. The molecule has 0 radical (unpaired) electrons. The predicted octanol–water partition coefficient (Wildman–Crippen LogP) is 4.71. The summed E-state index contributed by atoms with van der Waals surface area (Å²) in [5, 5.41) is 0. The topological polar surface area (TPSA) is 3.24 Å². The molecule has 2 rings (SSSR count). The van der Waals surface area contributed by atoms with Crippen LogP contribution in [0.15, 0.2) is 0 Å². The van der Waals surface area contributed by atoms with Gasteiger partial charge >= 0.3 is 0 Å². The molecule has 1 heteroatoms. The van der Waals surface area contributed by atoms with Crippen LogP contribution in [0.4, 0.5) is 0 Å². The first-order chi connectivity index (χ1) is 8.67. The molecule has 0 aromatic heterocycles. The second kappa shape index (κ2) is 6.41. The molecule has 2 aliphatic rings. The van der Waals surface area contributed by atoms with Crippen LogP contribution >= 0.6 is 0 Å². The Kier molecular flexibility index (Phi) is 5.12. The van der Waals surface area contributed by atoms with E-state index in [0.29, 0.717) is 0 Å². The van der Waals surface area contributed by atoms with Gasteiger partial charge in [0.2, 0.25) is 0 Å². The second-order valence-corrected chi connectivity index (χ2v) is 7.21. The molecular weight excluding hydrogens is 218 g/mol. The maximum absolute atomic E-state index is 2.74. The van der Waals surface area contributed by atoms with Gasteiger partial charge in [0.15, 0.2) is 0 Å². The number of unbranched alkanes of at least 4 members (excludes halogenated alkanes) is 1. The lowest BCUT2D eigenvalue weighted by Crippen LogP contribution is -2.45. The van der Waals surface area contributed by atoms with Gasteiger partial charge in [-0.3, -0.25) is 0 Å².